The second-order valence-electron chi connectivity index (χ2n) is 12.6. The molecule has 2 fully saturated rings. The van der Waals surface area contributed by atoms with Crippen LogP contribution < -0.4 is 4.74 Å². The minimum Gasteiger partial charge on any atom is -0.490 e. The zero-order chi connectivity index (χ0) is 33.4. The first kappa shape index (κ1) is 35.3. The first-order chi connectivity index (χ1) is 22.7. The molecule has 47 heavy (non-hydrogen) atoms. The van der Waals surface area contributed by atoms with Crippen LogP contribution in [0.1, 0.15) is 68.2 Å². The first-order valence-electron chi connectivity index (χ1n) is 16.5. The molecule has 1 aromatic carbocycles. The monoisotopic (exact) mass is 665 g/mol. The van der Waals surface area contributed by atoms with Gasteiger partial charge in [-0.25, -0.2) is 4.98 Å². The molecule has 3 aromatic rings. The lowest BCUT2D eigenvalue weighted by Crippen LogP contribution is -2.45. The number of thioether (sulfide) groups is 1. The number of unbranched alkanes of at least 4 members (excludes halogenated alkanes) is 1. The number of pyridine rings is 2. The number of para-hydroxylation sites is 1. The van der Waals surface area contributed by atoms with Crippen LogP contribution in [-0.4, -0.2) is 91.6 Å². The molecule has 3 atom stereocenters. The van der Waals surface area contributed by atoms with Crippen molar-refractivity contribution in [2.24, 2.45) is 0 Å². The van der Waals surface area contributed by atoms with E-state index in [1.165, 1.54) is 4.90 Å². The van der Waals surface area contributed by atoms with Crippen molar-refractivity contribution in [1.29, 1.82) is 0 Å². The molecular formula is C36H47N3O7S. The Labute approximate surface area is 281 Å². The topological polar surface area (TPSA) is 145 Å². The van der Waals surface area contributed by atoms with Crippen molar-refractivity contribution in [3.05, 3.63) is 71.7 Å². The molecule has 2 saturated carbocycles. The molecule has 1 amide bonds. The molecule has 2 aromatic heterocycles. The smallest absolute Gasteiger partial charge is 0.222 e. The summed E-state index contributed by atoms with van der Waals surface area (Å²) in [7, 11) is 1.56. The Morgan fingerprint density at radius 3 is 2.60 bits per heavy atom. The van der Waals surface area contributed by atoms with Crippen molar-refractivity contribution in [1.82, 2.24) is 14.9 Å². The number of benzene rings is 1. The number of rotatable bonds is 19. The third-order valence-electron chi connectivity index (χ3n) is 8.81. The van der Waals surface area contributed by atoms with Gasteiger partial charge in [-0.2, -0.15) is 0 Å². The van der Waals surface area contributed by atoms with Crippen molar-refractivity contribution < 1.29 is 34.7 Å². The maximum atomic E-state index is 12.5. The molecule has 3 unspecified atom stereocenters. The summed E-state index contributed by atoms with van der Waals surface area (Å²) in [5, 5.41) is 39.7. The standard InChI is InChI=1S/C36H47N3O7S/c1-24-10-13-33(47-20-6-5-9-34(43)39(2)22-31(42)35(44)30(41)15-19-40)38-29(24)23-45-36(16-17-36)28-21-37-18-14-26(28)27-7-3-4-8-32(27)46-25-11-12-25/h3-4,7-8,10,13-14,18,21,25,30-31,35,40-42,44H,5-6,9,11-12,15-17,19-20,22-23H2,1-2H3. The lowest BCUT2D eigenvalue weighted by Gasteiger charge is -2.26. The number of carbonyl (C=O) groups is 1. The number of hydrogen-bond acceptors (Lipinski definition) is 10. The molecular weight excluding hydrogens is 618 g/mol. The van der Waals surface area contributed by atoms with Crippen LogP contribution in [-0.2, 0) is 21.7 Å². The predicted molar refractivity (Wildman–Crippen MR) is 180 cm³/mol. The Bertz CT molecular complexity index is 1480. The Hall–Kier alpha value is -3.06. The Morgan fingerprint density at radius 2 is 1.85 bits per heavy atom. The van der Waals surface area contributed by atoms with Crippen LogP contribution in [0.15, 0.2) is 59.9 Å². The van der Waals surface area contributed by atoms with E-state index in [2.05, 4.69) is 23.2 Å². The van der Waals surface area contributed by atoms with Gasteiger partial charge in [0.15, 0.2) is 0 Å². The molecule has 10 nitrogen and oxygen atoms in total. The molecule has 254 valence electrons. The summed E-state index contributed by atoms with van der Waals surface area (Å²) in [6, 6.07) is 14.4. The largest absolute Gasteiger partial charge is 0.490 e. The summed E-state index contributed by atoms with van der Waals surface area (Å²) in [6.07, 6.45) is 5.89. The Morgan fingerprint density at radius 1 is 1.06 bits per heavy atom. The van der Waals surface area contributed by atoms with E-state index >= 15 is 0 Å². The molecule has 0 bridgehead atoms. The molecule has 0 aliphatic heterocycles. The van der Waals surface area contributed by atoms with Crippen LogP contribution in [0.4, 0.5) is 0 Å². The molecule has 0 radical (unpaired) electrons. The number of carbonyl (C=O) groups excluding carboxylic acids is 1. The number of aliphatic hydroxyl groups excluding tert-OH is 4. The van der Waals surface area contributed by atoms with Crippen LogP contribution >= 0.6 is 11.8 Å². The number of ether oxygens (including phenoxy) is 2. The lowest BCUT2D eigenvalue weighted by atomic mass is 9.96. The van der Waals surface area contributed by atoms with E-state index in [4.69, 9.17) is 19.6 Å². The highest BCUT2D eigenvalue weighted by Crippen LogP contribution is 2.53. The number of amides is 1. The van der Waals surface area contributed by atoms with Crippen molar-refractivity contribution in [3.8, 4) is 16.9 Å². The van der Waals surface area contributed by atoms with Gasteiger partial charge in [-0.15, -0.1) is 11.8 Å². The highest BCUT2D eigenvalue weighted by atomic mass is 32.2. The van der Waals surface area contributed by atoms with E-state index in [0.29, 0.717) is 25.6 Å². The van der Waals surface area contributed by atoms with Gasteiger partial charge < -0.3 is 34.8 Å². The molecule has 4 N–H and O–H groups in total. The number of nitrogens with zero attached hydrogens (tertiary/aromatic N) is 3. The van der Waals surface area contributed by atoms with Crippen molar-refractivity contribution in [2.75, 3.05) is 26.0 Å². The van der Waals surface area contributed by atoms with Gasteiger partial charge in [-0.3, -0.25) is 9.78 Å². The maximum absolute atomic E-state index is 12.5. The van der Waals surface area contributed by atoms with Crippen molar-refractivity contribution in [2.45, 2.75) is 99.9 Å². The average molecular weight is 666 g/mol. The van der Waals surface area contributed by atoms with E-state index in [1.54, 1.807) is 18.8 Å². The number of aryl methyl sites for hydroxylation is 1. The van der Waals surface area contributed by atoms with Crippen LogP contribution in [0, 0.1) is 6.92 Å². The molecule has 0 spiro atoms. The molecule has 2 heterocycles. The van der Waals surface area contributed by atoms with Gasteiger partial charge in [0.05, 0.1) is 41.2 Å². The fourth-order valence-electron chi connectivity index (χ4n) is 5.53. The highest BCUT2D eigenvalue weighted by Gasteiger charge is 2.48. The highest BCUT2D eigenvalue weighted by molar-refractivity contribution is 7.99. The number of hydrogen-bond donors (Lipinski definition) is 4. The van der Waals surface area contributed by atoms with Gasteiger partial charge in [0.2, 0.25) is 5.91 Å². The minimum absolute atomic E-state index is 0.0448. The van der Waals surface area contributed by atoms with E-state index in [9.17, 15) is 20.1 Å². The Balaban J connectivity index is 1.11. The fraction of sp³-hybridized carbons (Fsp3) is 0.528. The second-order valence-corrected chi connectivity index (χ2v) is 13.8. The van der Waals surface area contributed by atoms with Crippen LogP contribution in [0.5, 0.6) is 5.75 Å². The fourth-order valence-corrected chi connectivity index (χ4v) is 6.43. The summed E-state index contributed by atoms with van der Waals surface area (Å²) >= 11 is 1.65. The zero-order valence-corrected chi connectivity index (χ0v) is 28.1. The summed E-state index contributed by atoms with van der Waals surface area (Å²) in [5.74, 6) is 1.56. The summed E-state index contributed by atoms with van der Waals surface area (Å²) in [4.78, 5) is 23.3. The zero-order valence-electron chi connectivity index (χ0n) is 27.3. The molecule has 5 rings (SSSR count). The first-order valence-corrected chi connectivity index (χ1v) is 17.5. The minimum atomic E-state index is -1.43. The SMILES string of the molecule is Cc1ccc(SCCCCC(=O)N(C)CC(O)C(O)C(O)CCO)nc1COC1(c2cnccc2-c2ccccc2OC2CC2)CC1. The number of aliphatic hydroxyl groups is 4. The number of likely N-dealkylation sites (N-methyl/N-ethyl adjacent to an activating group) is 1. The number of aromatic nitrogens is 2. The summed E-state index contributed by atoms with van der Waals surface area (Å²) < 4.78 is 12.9. The third kappa shape index (κ3) is 9.52. The van der Waals surface area contributed by atoms with Crippen molar-refractivity contribution >= 4 is 17.7 Å². The van der Waals surface area contributed by atoms with Gasteiger partial charge in [-0.05, 0) is 86.9 Å². The van der Waals surface area contributed by atoms with E-state index in [0.717, 1.165) is 76.6 Å². The van der Waals surface area contributed by atoms with Gasteiger partial charge in [0, 0.05) is 50.1 Å². The Kier molecular flexibility index (Phi) is 12.3. The predicted octanol–water partition coefficient (Wildman–Crippen LogP) is 4.39. The summed E-state index contributed by atoms with van der Waals surface area (Å²) in [5.41, 5.74) is 4.83. The van der Waals surface area contributed by atoms with E-state index < -0.39 is 23.9 Å². The van der Waals surface area contributed by atoms with Gasteiger partial charge >= 0.3 is 0 Å². The van der Waals surface area contributed by atoms with Gasteiger partial charge in [-0.1, -0.05) is 24.3 Å². The molecule has 0 saturated heterocycles. The molecule has 2 aliphatic rings. The average Bonchev–Trinajstić information content (AvgIpc) is 4.02. The van der Waals surface area contributed by atoms with E-state index in [1.807, 2.05) is 43.6 Å². The summed E-state index contributed by atoms with van der Waals surface area (Å²) in [6.45, 7) is 2.05. The quantitative estimate of drug-likeness (QED) is 0.108. The second kappa shape index (κ2) is 16.4. The molecule has 2 aliphatic carbocycles. The lowest BCUT2D eigenvalue weighted by molar-refractivity contribution is -0.134. The van der Waals surface area contributed by atoms with Gasteiger partial charge in [0.1, 0.15) is 11.9 Å². The van der Waals surface area contributed by atoms with Crippen molar-refractivity contribution in [3.63, 3.8) is 0 Å². The molecule has 11 heteroatoms. The van der Waals surface area contributed by atoms with Gasteiger partial charge in [0.25, 0.3) is 0 Å². The third-order valence-corrected chi connectivity index (χ3v) is 9.82. The maximum Gasteiger partial charge on any atom is 0.222 e. The van der Waals surface area contributed by atoms with Crippen LogP contribution in [0.3, 0.4) is 0 Å². The van der Waals surface area contributed by atoms with Crippen LogP contribution in [0.2, 0.25) is 0 Å². The normalized spacial score (nSPS) is 17.1. The van der Waals surface area contributed by atoms with E-state index in [-0.39, 0.29) is 25.5 Å². The van der Waals surface area contributed by atoms with Crippen LogP contribution in [0.25, 0.3) is 11.1 Å².